The van der Waals surface area contributed by atoms with Crippen LogP contribution in [0.5, 0.6) is 0 Å². The molecule has 1 unspecified atom stereocenters. The van der Waals surface area contributed by atoms with Crippen LogP contribution in [-0.4, -0.2) is 47.2 Å². The number of hydrogen-bond acceptors (Lipinski definition) is 4. The Balaban J connectivity index is 1.18. The molecule has 3 aliphatic carbocycles. The zero-order valence-corrected chi connectivity index (χ0v) is 18.9. The van der Waals surface area contributed by atoms with Crippen LogP contribution >= 0.6 is 0 Å². The summed E-state index contributed by atoms with van der Waals surface area (Å²) in [6, 6.07) is 14.2. The van der Waals surface area contributed by atoms with Crippen LogP contribution in [0.3, 0.4) is 0 Å². The highest BCUT2D eigenvalue weighted by Gasteiger charge is 2.55. The van der Waals surface area contributed by atoms with E-state index in [0.29, 0.717) is 25.7 Å². The van der Waals surface area contributed by atoms with E-state index in [1.165, 1.54) is 0 Å². The van der Waals surface area contributed by atoms with Gasteiger partial charge in [-0.1, -0.05) is 48.5 Å². The van der Waals surface area contributed by atoms with Crippen molar-refractivity contribution in [3.8, 4) is 11.1 Å². The number of halogens is 2. The second-order valence-corrected chi connectivity index (χ2v) is 9.72. The van der Waals surface area contributed by atoms with Crippen molar-refractivity contribution in [3.05, 3.63) is 59.7 Å². The van der Waals surface area contributed by atoms with Crippen LogP contribution in [0.2, 0.25) is 0 Å². The first kappa shape index (κ1) is 23.3. The maximum Gasteiger partial charge on any atom is 0.407 e. The third-order valence-corrected chi connectivity index (χ3v) is 7.15. The molecule has 3 N–H and O–H groups in total. The highest BCUT2D eigenvalue weighted by molar-refractivity contribution is 5.83. The molecule has 0 aliphatic heterocycles. The van der Waals surface area contributed by atoms with Crippen molar-refractivity contribution in [2.75, 3.05) is 6.61 Å². The molecule has 9 heteroatoms. The third kappa shape index (κ3) is 4.59. The second kappa shape index (κ2) is 8.62. The Kier molecular flexibility index (Phi) is 5.73. The Labute approximate surface area is 200 Å². The zero-order chi connectivity index (χ0) is 24.8. The van der Waals surface area contributed by atoms with Crippen molar-refractivity contribution in [1.82, 2.24) is 10.6 Å². The molecule has 0 aromatic heterocycles. The molecule has 2 fully saturated rings. The summed E-state index contributed by atoms with van der Waals surface area (Å²) in [5.41, 5.74) is 3.51. The summed E-state index contributed by atoms with van der Waals surface area (Å²) in [4.78, 5) is 36.1. The summed E-state index contributed by atoms with van der Waals surface area (Å²) < 4.78 is 33.7. The Morgan fingerprint density at radius 2 is 1.60 bits per heavy atom. The largest absolute Gasteiger partial charge is 0.477 e. The predicted octanol–water partition coefficient (Wildman–Crippen LogP) is 4.06. The van der Waals surface area contributed by atoms with Crippen LogP contribution in [-0.2, 0) is 14.3 Å². The fraction of sp³-hybridized carbons (Fsp3) is 0.423. The Morgan fingerprint density at radius 1 is 1.03 bits per heavy atom. The predicted molar refractivity (Wildman–Crippen MR) is 122 cm³/mol. The number of aliphatic carboxylic acids is 1. The van der Waals surface area contributed by atoms with E-state index in [1.807, 2.05) is 48.5 Å². The number of rotatable bonds is 9. The van der Waals surface area contributed by atoms with E-state index in [4.69, 9.17) is 9.84 Å². The molecule has 7 nitrogen and oxygen atoms in total. The summed E-state index contributed by atoms with van der Waals surface area (Å²) in [7, 11) is 0. The van der Waals surface area contributed by atoms with Gasteiger partial charge in [-0.25, -0.2) is 9.59 Å². The molecule has 0 radical (unpaired) electrons. The number of amides is 2. The average molecular weight is 484 g/mol. The zero-order valence-electron chi connectivity index (χ0n) is 18.9. The number of carboxylic acids is 1. The lowest BCUT2D eigenvalue weighted by Crippen LogP contribution is -2.54. The molecule has 0 heterocycles. The standard InChI is InChI=1S/C26H26F2N2O5/c27-26(28,23(32)33)22(15-9-10-15)29-21(31)13-25(11-12-25)30-24(34)35-14-20-18-7-3-1-5-16(18)17-6-2-4-8-19(17)20/h1-8,15,20,22H,9-14H2,(H,29,31)(H,30,34)(H,32,33). The van der Waals surface area contributed by atoms with Crippen LogP contribution in [0.4, 0.5) is 13.6 Å². The number of alkyl carbamates (subject to hydrolysis) is 1. The van der Waals surface area contributed by atoms with Gasteiger partial charge >= 0.3 is 18.0 Å². The van der Waals surface area contributed by atoms with Crippen LogP contribution in [0, 0.1) is 5.92 Å². The number of nitrogens with one attached hydrogen (secondary N) is 2. The molecule has 3 aliphatic rings. The van der Waals surface area contributed by atoms with E-state index in [9.17, 15) is 23.2 Å². The minimum atomic E-state index is -4.05. The van der Waals surface area contributed by atoms with Crippen molar-refractivity contribution in [2.24, 2.45) is 5.92 Å². The van der Waals surface area contributed by atoms with Crippen LogP contribution in [0.25, 0.3) is 11.1 Å². The molecule has 2 amide bonds. The number of hydrogen-bond donors (Lipinski definition) is 3. The first-order chi connectivity index (χ1) is 16.7. The molecule has 5 rings (SSSR count). The summed E-state index contributed by atoms with van der Waals surface area (Å²) in [6.45, 7) is 0.122. The van der Waals surface area contributed by atoms with Crippen molar-refractivity contribution >= 4 is 18.0 Å². The fourth-order valence-electron chi connectivity index (χ4n) is 4.95. The highest BCUT2D eigenvalue weighted by Crippen LogP contribution is 2.45. The molecule has 1 atom stereocenters. The minimum absolute atomic E-state index is 0.107. The molecule has 0 saturated heterocycles. The Bertz CT molecular complexity index is 1130. The number of carboxylic acid groups (broad SMARTS) is 1. The third-order valence-electron chi connectivity index (χ3n) is 7.15. The van der Waals surface area contributed by atoms with E-state index in [-0.39, 0.29) is 18.9 Å². The SMILES string of the molecule is O=C(CC1(NC(=O)OCC2c3ccccc3-c3ccccc32)CC1)NC(C1CC1)C(F)(F)C(=O)O. The van der Waals surface area contributed by atoms with E-state index in [0.717, 1.165) is 22.3 Å². The molecule has 2 aromatic carbocycles. The van der Waals surface area contributed by atoms with Gasteiger partial charge in [0, 0.05) is 12.3 Å². The molecular formula is C26H26F2N2O5. The number of ether oxygens (including phenoxy) is 1. The molecule has 184 valence electrons. The van der Waals surface area contributed by atoms with Gasteiger partial charge in [-0.15, -0.1) is 0 Å². The van der Waals surface area contributed by atoms with Gasteiger partial charge in [-0.3, -0.25) is 4.79 Å². The van der Waals surface area contributed by atoms with Gasteiger partial charge in [0.1, 0.15) is 12.6 Å². The number of alkyl halides is 2. The first-order valence-corrected chi connectivity index (χ1v) is 11.7. The summed E-state index contributed by atoms with van der Waals surface area (Å²) >= 11 is 0. The van der Waals surface area contributed by atoms with Gasteiger partial charge in [0.15, 0.2) is 0 Å². The van der Waals surface area contributed by atoms with Crippen LogP contribution in [0.1, 0.15) is 49.1 Å². The smallest absolute Gasteiger partial charge is 0.407 e. The maximum atomic E-state index is 14.1. The van der Waals surface area contributed by atoms with Crippen molar-refractivity contribution in [3.63, 3.8) is 0 Å². The summed E-state index contributed by atoms with van der Waals surface area (Å²) in [6.07, 6.45) is 1.01. The van der Waals surface area contributed by atoms with Gasteiger partial charge in [0.2, 0.25) is 5.91 Å². The monoisotopic (exact) mass is 484 g/mol. The van der Waals surface area contributed by atoms with Crippen LogP contribution in [0.15, 0.2) is 48.5 Å². The second-order valence-electron chi connectivity index (χ2n) is 9.72. The van der Waals surface area contributed by atoms with Gasteiger partial charge in [-0.05, 0) is 53.9 Å². The first-order valence-electron chi connectivity index (χ1n) is 11.7. The van der Waals surface area contributed by atoms with E-state index >= 15 is 0 Å². The topological polar surface area (TPSA) is 105 Å². The van der Waals surface area contributed by atoms with Gasteiger partial charge < -0.3 is 20.5 Å². The normalized spacial score (nSPS) is 18.7. The van der Waals surface area contributed by atoms with Crippen molar-refractivity contribution in [2.45, 2.75) is 55.5 Å². The Morgan fingerprint density at radius 3 is 2.11 bits per heavy atom. The van der Waals surface area contributed by atoms with Gasteiger partial charge in [-0.2, -0.15) is 8.78 Å². The molecule has 2 saturated carbocycles. The molecule has 0 spiro atoms. The molecular weight excluding hydrogens is 458 g/mol. The number of carbonyl (C=O) groups excluding carboxylic acids is 2. The number of benzene rings is 2. The van der Waals surface area contributed by atoms with Crippen molar-refractivity contribution in [1.29, 1.82) is 0 Å². The quantitative estimate of drug-likeness (QED) is 0.498. The molecule has 2 aromatic rings. The van der Waals surface area contributed by atoms with Crippen molar-refractivity contribution < 1.29 is 33.0 Å². The minimum Gasteiger partial charge on any atom is -0.477 e. The highest BCUT2D eigenvalue weighted by atomic mass is 19.3. The van der Waals surface area contributed by atoms with E-state index in [1.54, 1.807) is 0 Å². The Hall–Kier alpha value is -3.49. The molecule has 0 bridgehead atoms. The van der Waals surface area contributed by atoms with Gasteiger partial charge in [0.25, 0.3) is 0 Å². The summed E-state index contributed by atoms with van der Waals surface area (Å²) in [5, 5.41) is 13.8. The fourth-order valence-corrected chi connectivity index (χ4v) is 4.95. The molecule has 35 heavy (non-hydrogen) atoms. The van der Waals surface area contributed by atoms with E-state index in [2.05, 4.69) is 10.6 Å². The lowest BCUT2D eigenvalue weighted by atomic mass is 9.98. The maximum absolute atomic E-state index is 14.1. The van der Waals surface area contributed by atoms with Gasteiger partial charge in [0.05, 0.1) is 5.54 Å². The lowest BCUT2D eigenvalue weighted by Gasteiger charge is -2.26. The number of fused-ring (bicyclic) bond motifs is 3. The number of carbonyl (C=O) groups is 3. The summed E-state index contributed by atoms with van der Waals surface area (Å²) in [5.74, 6) is -7.68. The average Bonchev–Trinajstić information content (AvgIpc) is 3.75. The van der Waals surface area contributed by atoms with Crippen LogP contribution < -0.4 is 10.6 Å². The lowest BCUT2D eigenvalue weighted by molar-refractivity contribution is -0.171. The van der Waals surface area contributed by atoms with E-state index < -0.39 is 41.4 Å².